The van der Waals surface area contributed by atoms with Gasteiger partial charge in [-0.2, -0.15) is 0 Å². The predicted octanol–water partition coefficient (Wildman–Crippen LogP) is 5.78. The summed E-state index contributed by atoms with van der Waals surface area (Å²) in [5.41, 5.74) is 3.32. The van der Waals surface area contributed by atoms with Crippen LogP contribution in [0.3, 0.4) is 0 Å². The van der Waals surface area contributed by atoms with Gasteiger partial charge in [0, 0.05) is 38.8 Å². The van der Waals surface area contributed by atoms with Crippen molar-refractivity contribution in [2.24, 2.45) is 0 Å². The predicted molar refractivity (Wildman–Crippen MR) is 128 cm³/mol. The molecule has 0 unspecified atom stereocenters. The van der Waals surface area contributed by atoms with Crippen molar-refractivity contribution in [3.05, 3.63) is 82.0 Å². The second kappa shape index (κ2) is 9.64. The van der Waals surface area contributed by atoms with E-state index in [1.807, 2.05) is 60.0 Å². The lowest BCUT2D eigenvalue weighted by molar-refractivity contribution is -0.113. The van der Waals surface area contributed by atoms with Crippen LogP contribution in [0, 0.1) is 6.92 Å². The SMILES string of the molecule is Cc1c(Cl)cccc1NC(=O)CSc1nnc(-c2ccncc2)n1-c1ccc(Br)cc1. The van der Waals surface area contributed by atoms with E-state index in [2.05, 4.69) is 36.4 Å². The van der Waals surface area contributed by atoms with Crippen molar-refractivity contribution in [1.82, 2.24) is 19.7 Å². The van der Waals surface area contributed by atoms with Gasteiger partial charge in [-0.15, -0.1) is 10.2 Å². The molecular weight excluding hydrogens is 498 g/mol. The first-order valence-corrected chi connectivity index (χ1v) is 11.5. The zero-order valence-corrected chi connectivity index (χ0v) is 19.6. The Bertz CT molecular complexity index is 1210. The maximum Gasteiger partial charge on any atom is 0.234 e. The molecular formula is C22H17BrClN5OS. The van der Waals surface area contributed by atoms with Crippen LogP contribution in [0.15, 0.2) is 76.6 Å². The number of rotatable bonds is 6. The van der Waals surface area contributed by atoms with Crippen molar-refractivity contribution in [2.45, 2.75) is 12.1 Å². The number of carbonyl (C=O) groups is 1. The minimum absolute atomic E-state index is 0.147. The molecule has 0 aliphatic heterocycles. The summed E-state index contributed by atoms with van der Waals surface area (Å²) < 4.78 is 2.91. The molecule has 6 nitrogen and oxygen atoms in total. The Morgan fingerprint density at radius 2 is 1.84 bits per heavy atom. The molecule has 156 valence electrons. The number of aromatic nitrogens is 4. The molecule has 0 fully saturated rings. The number of pyridine rings is 1. The number of hydrogen-bond donors (Lipinski definition) is 1. The van der Waals surface area contributed by atoms with E-state index in [0.29, 0.717) is 21.7 Å². The van der Waals surface area contributed by atoms with Gasteiger partial charge >= 0.3 is 0 Å². The molecule has 0 saturated carbocycles. The fourth-order valence-corrected chi connectivity index (χ4v) is 4.12. The average Bonchev–Trinajstić information content (AvgIpc) is 3.21. The number of thioether (sulfide) groups is 1. The summed E-state index contributed by atoms with van der Waals surface area (Å²) in [6.45, 7) is 1.87. The Morgan fingerprint density at radius 3 is 2.58 bits per heavy atom. The second-order valence-corrected chi connectivity index (χ2v) is 8.87. The first kappa shape index (κ1) is 21.5. The summed E-state index contributed by atoms with van der Waals surface area (Å²) in [5, 5.41) is 12.9. The highest BCUT2D eigenvalue weighted by molar-refractivity contribution is 9.10. The summed E-state index contributed by atoms with van der Waals surface area (Å²) in [6, 6.07) is 17.0. The van der Waals surface area contributed by atoms with Gasteiger partial charge in [-0.1, -0.05) is 45.4 Å². The molecule has 0 bridgehead atoms. The highest BCUT2D eigenvalue weighted by atomic mass is 79.9. The van der Waals surface area contributed by atoms with E-state index in [9.17, 15) is 4.79 Å². The topological polar surface area (TPSA) is 72.7 Å². The first-order chi connectivity index (χ1) is 15.0. The van der Waals surface area contributed by atoms with E-state index in [-0.39, 0.29) is 11.7 Å². The van der Waals surface area contributed by atoms with Crippen LogP contribution in [0.25, 0.3) is 17.1 Å². The smallest absolute Gasteiger partial charge is 0.234 e. The number of halogens is 2. The number of amides is 1. The minimum atomic E-state index is -0.147. The fraction of sp³-hybridized carbons (Fsp3) is 0.0909. The number of benzene rings is 2. The van der Waals surface area contributed by atoms with Crippen molar-refractivity contribution in [2.75, 3.05) is 11.1 Å². The van der Waals surface area contributed by atoms with Crippen molar-refractivity contribution in [1.29, 1.82) is 0 Å². The summed E-state index contributed by atoms with van der Waals surface area (Å²) in [4.78, 5) is 16.6. The maximum atomic E-state index is 12.6. The Balaban J connectivity index is 1.59. The summed E-state index contributed by atoms with van der Waals surface area (Å²) in [5.74, 6) is 0.709. The van der Waals surface area contributed by atoms with Gasteiger partial charge < -0.3 is 5.32 Å². The lowest BCUT2D eigenvalue weighted by Crippen LogP contribution is -2.15. The average molecular weight is 515 g/mol. The molecule has 4 rings (SSSR count). The van der Waals surface area contributed by atoms with Gasteiger partial charge in [0.1, 0.15) is 0 Å². The molecule has 1 N–H and O–H groups in total. The van der Waals surface area contributed by atoms with Gasteiger partial charge in [0.05, 0.1) is 5.75 Å². The third kappa shape index (κ3) is 4.98. The maximum absolute atomic E-state index is 12.6. The van der Waals surface area contributed by atoms with Crippen LogP contribution in [0.4, 0.5) is 5.69 Å². The van der Waals surface area contributed by atoms with Gasteiger partial charge in [-0.3, -0.25) is 14.3 Å². The largest absolute Gasteiger partial charge is 0.325 e. The summed E-state index contributed by atoms with van der Waals surface area (Å²) in [6.07, 6.45) is 3.42. The first-order valence-electron chi connectivity index (χ1n) is 9.32. The molecule has 0 atom stereocenters. The van der Waals surface area contributed by atoms with Crippen LogP contribution >= 0.6 is 39.3 Å². The summed E-state index contributed by atoms with van der Waals surface area (Å²) >= 11 is 10.9. The van der Waals surface area contributed by atoms with E-state index >= 15 is 0 Å². The molecule has 0 spiro atoms. The molecule has 0 radical (unpaired) electrons. The molecule has 9 heteroatoms. The number of nitrogens with one attached hydrogen (secondary N) is 1. The Kier molecular flexibility index (Phi) is 6.70. The summed E-state index contributed by atoms with van der Waals surface area (Å²) in [7, 11) is 0. The van der Waals surface area contributed by atoms with Crippen molar-refractivity contribution in [3.63, 3.8) is 0 Å². The van der Waals surface area contributed by atoms with Crippen LogP contribution in [0.2, 0.25) is 5.02 Å². The molecule has 31 heavy (non-hydrogen) atoms. The number of hydrogen-bond acceptors (Lipinski definition) is 5. The van der Waals surface area contributed by atoms with Crippen LogP contribution in [0.5, 0.6) is 0 Å². The van der Waals surface area contributed by atoms with Crippen LogP contribution in [-0.4, -0.2) is 31.4 Å². The monoisotopic (exact) mass is 513 g/mol. The zero-order chi connectivity index (χ0) is 21.8. The van der Waals surface area contributed by atoms with E-state index in [4.69, 9.17) is 11.6 Å². The highest BCUT2D eigenvalue weighted by Gasteiger charge is 2.17. The van der Waals surface area contributed by atoms with E-state index in [0.717, 1.165) is 21.3 Å². The molecule has 0 aliphatic carbocycles. The van der Waals surface area contributed by atoms with Crippen LogP contribution < -0.4 is 5.32 Å². The van der Waals surface area contributed by atoms with E-state index < -0.39 is 0 Å². The highest BCUT2D eigenvalue weighted by Crippen LogP contribution is 2.29. The molecule has 2 aromatic heterocycles. The molecule has 0 aliphatic rings. The number of anilines is 1. The van der Waals surface area contributed by atoms with Gasteiger partial charge in [0.25, 0.3) is 0 Å². The molecule has 1 amide bonds. The fourth-order valence-electron chi connectivity index (χ4n) is 2.93. The molecule has 4 aromatic rings. The number of nitrogens with zero attached hydrogens (tertiary/aromatic N) is 4. The van der Waals surface area contributed by atoms with Gasteiger partial charge in [-0.25, -0.2) is 0 Å². The third-order valence-corrected chi connectivity index (χ3v) is 6.40. The number of carbonyl (C=O) groups excluding carboxylic acids is 1. The molecule has 2 aromatic carbocycles. The standard InChI is InChI=1S/C22H17BrClN5OS/c1-14-18(24)3-2-4-19(14)26-20(30)13-31-22-28-27-21(15-9-11-25-12-10-15)29(22)17-7-5-16(23)6-8-17/h2-12H,13H2,1H3,(H,26,30). The quantitative estimate of drug-likeness (QED) is 0.330. The molecule has 0 saturated heterocycles. The van der Waals surface area contributed by atoms with Gasteiger partial charge in [0.2, 0.25) is 5.91 Å². The third-order valence-electron chi connectivity index (χ3n) is 4.53. The second-order valence-electron chi connectivity index (χ2n) is 6.60. The minimum Gasteiger partial charge on any atom is -0.325 e. The zero-order valence-electron chi connectivity index (χ0n) is 16.4. The Morgan fingerprint density at radius 1 is 1.10 bits per heavy atom. The molecule has 2 heterocycles. The Hall–Kier alpha value is -2.68. The van der Waals surface area contributed by atoms with Crippen molar-refractivity contribution in [3.8, 4) is 17.1 Å². The lowest BCUT2D eigenvalue weighted by Gasteiger charge is -2.11. The van der Waals surface area contributed by atoms with Crippen LogP contribution in [0.1, 0.15) is 5.56 Å². The lowest BCUT2D eigenvalue weighted by atomic mass is 10.2. The normalized spacial score (nSPS) is 10.8. The van der Waals surface area contributed by atoms with Crippen molar-refractivity contribution < 1.29 is 4.79 Å². The van der Waals surface area contributed by atoms with E-state index in [1.165, 1.54) is 11.8 Å². The van der Waals surface area contributed by atoms with Gasteiger partial charge in [-0.05, 0) is 61.0 Å². The van der Waals surface area contributed by atoms with Crippen molar-refractivity contribution >= 4 is 50.9 Å². The Labute approximate surface area is 197 Å². The van der Waals surface area contributed by atoms with Crippen LogP contribution in [-0.2, 0) is 4.79 Å². The van der Waals surface area contributed by atoms with Gasteiger partial charge in [0.15, 0.2) is 11.0 Å². The van der Waals surface area contributed by atoms with E-state index in [1.54, 1.807) is 18.5 Å².